The molecule has 3 aliphatic rings. The molecule has 0 spiro atoms. The number of phenolic OH excluding ortho intramolecular Hbond substituents is 1. The zero-order chi connectivity index (χ0) is 13.1. The number of phenols is 1. The summed E-state index contributed by atoms with van der Waals surface area (Å²) in [6, 6.07) is 6.57. The number of amides is 2. The molecule has 1 aromatic rings. The Morgan fingerprint density at radius 1 is 1.00 bits per heavy atom. The molecule has 1 heterocycles. The third kappa shape index (κ3) is 1.29. The number of hydrogen-bond acceptors (Lipinski definition) is 3. The molecule has 1 aromatic carbocycles. The number of benzene rings is 1. The van der Waals surface area contributed by atoms with Gasteiger partial charge in [-0.3, -0.25) is 9.59 Å². The molecular weight excluding hydrogens is 242 g/mol. The van der Waals surface area contributed by atoms with E-state index in [1.807, 2.05) is 0 Å². The molecule has 98 valence electrons. The molecule has 2 bridgehead atoms. The summed E-state index contributed by atoms with van der Waals surface area (Å²) in [5, 5.41) is 9.87. The standard InChI is InChI=1S/C15H15NO3/c17-11-4-2-1-3-10(11)16-14(18)12-8-5-6-9(7-8)13(12)15(16)19/h1-4,8-9,12-13,17H,5-7H2/t8-,9-,12+,13+/m0/s1. The molecule has 3 fully saturated rings. The fourth-order valence-corrected chi connectivity index (χ4v) is 4.30. The van der Waals surface area contributed by atoms with Crippen molar-refractivity contribution in [3.8, 4) is 5.75 Å². The van der Waals surface area contributed by atoms with Gasteiger partial charge in [0, 0.05) is 0 Å². The first-order valence-electron chi connectivity index (χ1n) is 6.84. The van der Waals surface area contributed by atoms with Crippen molar-refractivity contribution in [1.29, 1.82) is 0 Å². The number of carbonyl (C=O) groups is 2. The van der Waals surface area contributed by atoms with Crippen molar-refractivity contribution in [3.63, 3.8) is 0 Å². The zero-order valence-electron chi connectivity index (χ0n) is 10.5. The van der Waals surface area contributed by atoms with E-state index in [9.17, 15) is 14.7 Å². The van der Waals surface area contributed by atoms with E-state index in [0.717, 1.165) is 19.3 Å². The molecule has 4 atom stereocenters. The van der Waals surface area contributed by atoms with Crippen LogP contribution in [-0.4, -0.2) is 16.9 Å². The van der Waals surface area contributed by atoms with Gasteiger partial charge in [0.1, 0.15) is 5.75 Å². The number of fused-ring (bicyclic) bond motifs is 5. The van der Waals surface area contributed by atoms with Crippen LogP contribution in [0.4, 0.5) is 5.69 Å². The van der Waals surface area contributed by atoms with Crippen LogP contribution in [0.25, 0.3) is 0 Å². The van der Waals surface area contributed by atoms with Crippen LogP contribution in [0.5, 0.6) is 5.75 Å². The predicted octanol–water partition coefficient (Wildman–Crippen LogP) is 1.93. The fraction of sp³-hybridized carbons (Fsp3) is 0.467. The number of nitrogens with zero attached hydrogens (tertiary/aromatic N) is 1. The molecule has 4 heteroatoms. The third-order valence-corrected chi connectivity index (χ3v) is 5.05. The molecule has 4 rings (SSSR count). The first-order valence-corrected chi connectivity index (χ1v) is 6.84. The van der Waals surface area contributed by atoms with Gasteiger partial charge in [0.15, 0.2) is 0 Å². The molecule has 1 aliphatic heterocycles. The molecule has 2 saturated carbocycles. The molecule has 19 heavy (non-hydrogen) atoms. The Morgan fingerprint density at radius 2 is 1.58 bits per heavy atom. The van der Waals surface area contributed by atoms with Gasteiger partial charge in [-0.25, -0.2) is 4.90 Å². The van der Waals surface area contributed by atoms with Gasteiger partial charge < -0.3 is 5.11 Å². The lowest BCUT2D eigenvalue weighted by Crippen LogP contribution is -2.32. The van der Waals surface area contributed by atoms with E-state index in [0.29, 0.717) is 17.5 Å². The van der Waals surface area contributed by atoms with Gasteiger partial charge in [-0.2, -0.15) is 0 Å². The van der Waals surface area contributed by atoms with Crippen molar-refractivity contribution in [2.24, 2.45) is 23.7 Å². The molecule has 0 aromatic heterocycles. The van der Waals surface area contributed by atoms with Crippen LogP contribution in [0.1, 0.15) is 19.3 Å². The van der Waals surface area contributed by atoms with Gasteiger partial charge in [-0.15, -0.1) is 0 Å². The largest absolute Gasteiger partial charge is 0.506 e. The molecule has 2 amide bonds. The molecule has 0 unspecified atom stereocenters. The van der Waals surface area contributed by atoms with Crippen molar-refractivity contribution in [3.05, 3.63) is 24.3 Å². The van der Waals surface area contributed by atoms with Gasteiger partial charge in [-0.05, 0) is 43.2 Å². The Labute approximate surface area is 111 Å². The predicted molar refractivity (Wildman–Crippen MR) is 68.4 cm³/mol. The lowest BCUT2D eigenvalue weighted by Gasteiger charge is -2.19. The Bertz CT molecular complexity index is 555. The second kappa shape index (κ2) is 3.59. The van der Waals surface area contributed by atoms with E-state index < -0.39 is 0 Å². The minimum absolute atomic E-state index is 0.00322. The highest BCUT2D eigenvalue weighted by Crippen LogP contribution is 2.57. The van der Waals surface area contributed by atoms with Crippen LogP contribution < -0.4 is 4.90 Å². The lowest BCUT2D eigenvalue weighted by atomic mass is 9.81. The van der Waals surface area contributed by atoms with Gasteiger partial charge >= 0.3 is 0 Å². The summed E-state index contributed by atoms with van der Waals surface area (Å²) in [6.07, 6.45) is 3.17. The van der Waals surface area contributed by atoms with Crippen molar-refractivity contribution in [2.45, 2.75) is 19.3 Å². The monoisotopic (exact) mass is 257 g/mol. The van der Waals surface area contributed by atoms with Crippen molar-refractivity contribution in [2.75, 3.05) is 4.90 Å². The highest BCUT2D eigenvalue weighted by Gasteiger charge is 2.61. The minimum Gasteiger partial charge on any atom is -0.506 e. The molecule has 4 nitrogen and oxygen atoms in total. The smallest absolute Gasteiger partial charge is 0.238 e. The average Bonchev–Trinajstić information content (AvgIpc) is 3.06. The second-order valence-corrected chi connectivity index (χ2v) is 5.89. The maximum Gasteiger partial charge on any atom is 0.238 e. The number of rotatable bonds is 1. The number of anilines is 1. The van der Waals surface area contributed by atoms with Crippen LogP contribution in [0.2, 0.25) is 0 Å². The highest BCUT2D eigenvalue weighted by molar-refractivity contribution is 6.23. The maximum atomic E-state index is 12.5. The molecule has 0 radical (unpaired) electrons. The van der Waals surface area contributed by atoms with Gasteiger partial charge in [0.25, 0.3) is 0 Å². The summed E-state index contributed by atoms with van der Waals surface area (Å²) in [5.41, 5.74) is 0.339. The molecule has 1 N–H and O–H groups in total. The summed E-state index contributed by atoms with van der Waals surface area (Å²) in [6.45, 7) is 0. The number of carbonyl (C=O) groups excluding carboxylic acids is 2. The maximum absolute atomic E-state index is 12.5. The van der Waals surface area contributed by atoms with Crippen molar-refractivity contribution in [1.82, 2.24) is 0 Å². The fourth-order valence-electron chi connectivity index (χ4n) is 4.30. The van der Waals surface area contributed by atoms with Crippen LogP contribution in [-0.2, 0) is 9.59 Å². The lowest BCUT2D eigenvalue weighted by molar-refractivity contribution is -0.123. The number of imide groups is 1. The minimum atomic E-state index is -0.133. The number of hydrogen-bond donors (Lipinski definition) is 1. The molecular formula is C15H15NO3. The van der Waals surface area contributed by atoms with Crippen LogP contribution in [0.3, 0.4) is 0 Å². The van der Waals surface area contributed by atoms with E-state index in [1.165, 1.54) is 11.0 Å². The van der Waals surface area contributed by atoms with Crippen molar-refractivity contribution >= 4 is 17.5 Å². The van der Waals surface area contributed by atoms with E-state index in [-0.39, 0.29) is 29.4 Å². The summed E-state index contributed by atoms with van der Waals surface area (Å²) in [7, 11) is 0. The third-order valence-electron chi connectivity index (χ3n) is 5.05. The molecule has 2 aliphatic carbocycles. The van der Waals surface area contributed by atoms with E-state index >= 15 is 0 Å². The Hall–Kier alpha value is -1.84. The Morgan fingerprint density at radius 3 is 2.16 bits per heavy atom. The number of aromatic hydroxyl groups is 1. The van der Waals surface area contributed by atoms with E-state index in [2.05, 4.69) is 0 Å². The first-order chi connectivity index (χ1) is 9.18. The van der Waals surface area contributed by atoms with Crippen LogP contribution in [0.15, 0.2) is 24.3 Å². The highest BCUT2D eigenvalue weighted by atomic mass is 16.3. The average molecular weight is 257 g/mol. The van der Waals surface area contributed by atoms with Gasteiger partial charge in [0.05, 0.1) is 17.5 Å². The SMILES string of the molecule is O=C1[C@@H]2[C@H]3CC[C@@H](C3)[C@H]2C(=O)N1c1ccccc1O. The second-order valence-electron chi connectivity index (χ2n) is 5.89. The summed E-state index contributed by atoms with van der Waals surface area (Å²) < 4.78 is 0. The van der Waals surface area contributed by atoms with Crippen LogP contribution in [0, 0.1) is 23.7 Å². The topological polar surface area (TPSA) is 57.6 Å². The first kappa shape index (κ1) is 11.0. The van der Waals surface area contributed by atoms with Gasteiger partial charge in [0.2, 0.25) is 11.8 Å². The van der Waals surface area contributed by atoms with E-state index in [1.54, 1.807) is 18.2 Å². The van der Waals surface area contributed by atoms with Crippen molar-refractivity contribution < 1.29 is 14.7 Å². The van der Waals surface area contributed by atoms with E-state index in [4.69, 9.17) is 0 Å². The Balaban J connectivity index is 1.78. The molecule has 1 saturated heterocycles. The summed E-state index contributed by atoms with van der Waals surface area (Å²) in [5.74, 6) is 0.269. The van der Waals surface area contributed by atoms with Crippen LogP contribution >= 0.6 is 0 Å². The summed E-state index contributed by atoms with van der Waals surface area (Å²) in [4.78, 5) is 26.3. The quantitative estimate of drug-likeness (QED) is 0.782. The zero-order valence-corrected chi connectivity index (χ0v) is 10.5. The Kier molecular flexibility index (Phi) is 2.08. The normalized spacial score (nSPS) is 36.1. The number of para-hydroxylation sites is 2. The summed E-state index contributed by atoms with van der Waals surface area (Å²) >= 11 is 0. The van der Waals surface area contributed by atoms with Gasteiger partial charge in [-0.1, -0.05) is 12.1 Å².